The standard InChI is InChI=1S/C10H21NO.C7H8/c1-8(12)10(11-2)9-6-4-3-5-7-9;1-7-5-3-2-4-6-7/h8-12H,3-7H2,1-2H3;2-6H,1H3. The van der Waals surface area contributed by atoms with E-state index in [0.717, 1.165) is 0 Å². The summed E-state index contributed by atoms with van der Waals surface area (Å²) < 4.78 is 0. The maximum Gasteiger partial charge on any atom is 0.0667 e. The van der Waals surface area contributed by atoms with Crippen LogP contribution in [0, 0.1) is 12.8 Å². The van der Waals surface area contributed by atoms with E-state index in [9.17, 15) is 5.11 Å². The molecule has 2 N–H and O–H groups in total. The molecule has 1 aliphatic rings. The van der Waals surface area contributed by atoms with Gasteiger partial charge in [-0.2, -0.15) is 0 Å². The van der Waals surface area contributed by atoms with E-state index >= 15 is 0 Å². The van der Waals surface area contributed by atoms with Crippen molar-refractivity contribution in [2.24, 2.45) is 5.92 Å². The van der Waals surface area contributed by atoms with Crippen LogP contribution in [0.1, 0.15) is 44.6 Å². The molecule has 0 aromatic heterocycles. The Balaban J connectivity index is 0.000000218. The van der Waals surface area contributed by atoms with Gasteiger partial charge in [0.25, 0.3) is 0 Å². The van der Waals surface area contributed by atoms with E-state index in [0.29, 0.717) is 12.0 Å². The molecular weight excluding hydrogens is 234 g/mol. The molecule has 1 aromatic rings. The lowest BCUT2D eigenvalue weighted by atomic mass is 9.82. The van der Waals surface area contributed by atoms with Crippen molar-refractivity contribution in [3.8, 4) is 0 Å². The second-order valence-electron chi connectivity index (χ2n) is 5.61. The van der Waals surface area contributed by atoms with Gasteiger partial charge >= 0.3 is 0 Å². The number of rotatable bonds is 3. The first-order chi connectivity index (χ1) is 9.15. The molecule has 0 spiro atoms. The lowest BCUT2D eigenvalue weighted by Gasteiger charge is -2.31. The van der Waals surface area contributed by atoms with Crippen LogP contribution in [0.4, 0.5) is 0 Å². The van der Waals surface area contributed by atoms with Crippen molar-refractivity contribution in [2.75, 3.05) is 7.05 Å². The molecule has 2 nitrogen and oxygen atoms in total. The number of benzene rings is 1. The van der Waals surface area contributed by atoms with Gasteiger partial charge in [0.05, 0.1) is 6.10 Å². The van der Waals surface area contributed by atoms with Crippen LogP contribution in [0.3, 0.4) is 0 Å². The molecule has 19 heavy (non-hydrogen) atoms. The Kier molecular flexibility index (Phi) is 7.76. The van der Waals surface area contributed by atoms with Crippen LogP contribution in [0.25, 0.3) is 0 Å². The predicted octanol–water partition coefficient (Wildman–Crippen LogP) is 3.53. The zero-order valence-corrected chi connectivity index (χ0v) is 12.6. The van der Waals surface area contributed by atoms with Crippen LogP contribution >= 0.6 is 0 Å². The molecule has 0 saturated heterocycles. The number of aryl methyl sites for hydroxylation is 1. The Morgan fingerprint density at radius 1 is 1.11 bits per heavy atom. The van der Waals surface area contributed by atoms with Gasteiger partial charge < -0.3 is 10.4 Å². The molecule has 2 heteroatoms. The SMILES string of the molecule is CNC(C(C)O)C1CCCCC1.Cc1ccccc1. The molecule has 2 atom stereocenters. The van der Waals surface area contributed by atoms with Crippen LogP contribution in [0.5, 0.6) is 0 Å². The Hall–Kier alpha value is -0.860. The van der Waals surface area contributed by atoms with Gasteiger partial charge in [0.15, 0.2) is 0 Å². The molecule has 1 saturated carbocycles. The minimum absolute atomic E-state index is 0.210. The lowest BCUT2D eigenvalue weighted by Crippen LogP contribution is -2.42. The Morgan fingerprint density at radius 3 is 2.05 bits per heavy atom. The van der Waals surface area contributed by atoms with Crippen LogP contribution in [-0.4, -0.2) is 24.3 Å². The summed E-state index contributed by atoms with van der Waals surface area (Å²) in [5.74, 6) is 0.698. The fourth-order valence-electron chi connectivity index (χ4n) is 2.90. The molecule has 2 unspecified atom stereocenters. The largest absolute Gasteiger partial charge is 0.392 e. The Labute approximate surface area is 118 Å². The fourth-order valence-corrected chi connectivity index (χ4v) is 2.90. The third kappa shape index (κ3) is 6.22. The van der Waals surface area contributed by atoms with Crippen molar-refractivity contribution < 1.29 is 5.11 Å². The molecule has 0 radical (unpaired) electrons. The highest BCUT2D eigenvalue weighted by Crippen LogP contribution is 2.27. The summed E-state index contributed by atoms with van der Waals surface area (Å²) in [5.41, 5.74) is 1.32. The summed E-state index contributed by atoms with van der Waals surface area (Å²) in [6.45, 7) is 3.97. The van der Waals surface area contributed by atoms with Crippen molar-refractivity contribution in [1.82, 2.24) is 5.32 Å². The van der Waals surface area contributed by atoms with E-state index < -0.39 is 0 Å². The van der Waals surface area contributed by atoms with E-state index in [1.807, 2.05) is 32.2 Å². The van der Waals surface area contributed by atoms with E-state index in [1.165, 1.54) is 37.7 Å². The van der Waals surface area contributed by atoms with Gasteiger partial charge in [0, 0.05) is 6.04 Å². The Bertz CT molecular complexity index is 317. The van der Waals surface area contributed by atoms with Gasteiger partial charge in [-0.25, -0.2) is 0 Å². The molecule has 0 bridgehead atoms. The number of aliphatic hydroxyl groups excluding tert-OH is 1. The maximum atomic E-state index is 9.50. The lowest BCUT2D eigenvalue weighted by molar-refractivity contribution is 0.102. The number of aliphatic hydroxyl groups is 1. The van der Waals surface area contributed by atoms with E-state index in [4.69, 9.17) is 0 Å². The van der Waals surface area contributed by atoms with Crippen LogP contribution < -0.4 is 5.32 Å². The second-order valence-corrected chi connectivity index (χ2v) is 5.61. The van der Waals surface area contributed by atoms with E-state index in [-0.39, 0.29) is 6.10 Å². The average Bonchev–Trinajstić information content (AvgIpc) is 2.42. The van der Waals surface area contributed by atoms with Crippen molar-refractivity contribution in [3.05, 3.63) is 35.9 Å². The van der Waals surface area contributed by atoms with Crippen molar-refractivity contribution >= 4 is 0 Å². The van der Waals surface area contributed by atoms with E-state index in [1.54, 1.807) is 0 Å². The number of nitrogens with one attached hydrogen (secondary N) is 1. The minimum Gasteiger partial charge on any atom is -0.392 e. The predicted molar refractivity (Wildman–Crippen MR) is 82.3 cm³/mol. The molecule has 0 aliphatic heterocycles. The van der Waals surface area contributed by atoms with Crippen molar-refractivity contribution in [1.29, 1.82) is 0 Å². The van der Waals surface area contributed by atoms with Gasteiger partial charge in [0.1, 0.15) is 0 Å². The summed E-state index contributed by atoms with van der Waals surface area (Å²) in [5, 5.41) is 12.7. The molecule has 1 fully saturated rings. The first-order valence-corrected chi connectivity index (χ1v) is 7.52. The number of hydrogen-bond acceptors (Lipinski definition) is 2. The Morgan fingerprint density at radius 2 is 1.68 bits per heavy atom. The van der Waals surface area contributed by atoms with Crippen LogP contribution in [0.15, 0.2) is 30.3 Å². The quantitative estimate of drug-likeness (QED) is 0.874. The molecule has 0 amide bonds. The molecule has 1 aliphatic carbocycles. The first kappa shape index (κ1) is 16.2. The van der Waals surface area contributed by atoms with Gasteiger partial charge in [-0.05, 0) is 39.7 Å². The zero-order valence-electron chi connectivity index (χ0n) is 12.6. The van der Waals surface area contributed by atoms with Crippen LogP contribution in [-0.2, 0) is 0 Å². The highest BCUT2D eigenvalue weighted by molar-refractivity contribution is 5.11. The first-order valence-electron chi connectivity index (χ1n) is 7.52. The zero-order chi connectivity index (χ0) is 14.1. The monoisotopic (exact) mass is 263 g/mol. The summed E-state index contributed by atoms with van der Waals surface area (Å²) >= 11 is 0. The highest BCUT2D eigenvalue weighted by atomic mass is 16.3. The third-order valence-electron chi connectivity index (χ3n) is 3.95. The number of hydrogen-bond donors (Lipinski definition) is 2. The summed E-state index contributed by atoms with van der Waals surface area (Å²) in [4.78, 5) is 0. The molecule has 0 heterocycles. The third-order valence-corrected chi connectivity index (χ3v) is 3.95. The normalized spacial score (nSPS) is 19.2. The molecular formula is C17H29NO. The number of likely N-dealkylation sites (N-methyl/N-ethyl adjacent to an activating group) is 1. The molecule has 2 rings (SSSR count). The molecule has 1 aromatic carbocycles. The van der Waals surface area contributed by atoms with Crippen molar-refractivity contribution in [3.63, 3.8) is 0 Å². The summed E-state index contributed by atoms with van der Waals surface area (Å²) in [7, 11) is 1.95. The highest BCUT2D eigenvalue weighted by Gasteiger charge is 2.25. The smallest absolute Gasteiger partial charge is 0.0667 e. The minimum atomic E-state index is -0.210. The van der Waals surface area contributed by atoms with Gasteiger partial charge in [-0.15, -0.1) is 0 Å². The van der Waals surface area contributed by atoms with Gasteiger partial charge in [-0.3, -0.25) is 0 Å². The van der Waals surface area contributed by atoms with Crippen LogP contribution in [0.2, 0.25) is 0 Å². The topological polar surface area (TPSA) is 32.3 Å². The fraction of sp³-hybridized carbons (Fsp3) is 0.647. The van der Waals surface area contributed by atoms with Gasteiger partial charge in [-0.1, -0.05) is 55.2 Å². The summed E-state index contributed by atoms with van der Waals surface area (Å²) in [6, 6.07) is 10.6. The summed E-state index contributed by atoms with van der Waals surface area (Å²) in [6.07, 6.45) is 6.43. The average molecular weight is 263 g/mol. The van der Waals surface area contributed by atoms with Crippen molar-refractivity contribution in [2.45, 2.75) is 58.1 Å². The molecule has 108 valence electrons. The second kappa shape index (κ2) is 9.11. The van der Waals surface area contributed by atoms with Gasteiger partial charge in [0.2, 0.25) is 0 Å². The van der Waals surface area contributed by atoms with E-state index in [2.05, 4.69) is 24.4 Å². The maximum absolute atomic E-state index is 9.50.